The van der Waals surface area contributed by atoms with Crippen molar-refractivity contribution in [2.45, 2.75) is 33.1 Å². The molecule has 0 fully saturated rings. The molecule has 0 atom stereocenters. The van der Waals surface area contributed by atoms with Crippen LogP contribution in [0.15, 0.2) is 0 Å². The molecule has 0 N–H and O–H groups in total. The third-order valence-corrected chi connectivity index (χ3v) is 0.707. The van der Waals surface area contributed by atoms with Gasteiger partial charge in [0.2, 0.25) is 0 Å². The smallest absolute Gasteiger partial charge is 0.0654 e. The fourth-order valence-electron chi connectivity index (χ4n) is 0.354. The summed E-state index contributed by atoms with van der Waals surface area (Å²) < 4.78 is 0. The first-order chi connectivity index (χ1) is 2.41. The summed E-state index contributed by atoms with van der Waals surface area (Å²) in [7, 11) is 0. The highest BCUT2D eigenvalue weighted by Gasteiger charge is 1.68. The average Bonchev–Trinajstić information content (AvgIpc) is 1.41. The molecular formula is C5H13+. The van der Waals surface area contributed by atoms with E-state index in [9.17, 15) is 0 Å². The molecule has 0 aliphatic heterocycles. The Morgan fingerprint density at radius 1 is 1.20 bits per heavy atom. The molecule has 0 spiro atoms. The van der Waals surface area contributed by atoms with E-state index < -0.39 is 0 Å². The van der Waals surface area contributed by atoms with Crippen LogP contribution in [0.5, 0.6) is 0 Å². The van der Waals surface area contributed by atoms with Crippen LogP contribution >= 0.6 is 0 Å². The summed E-state index contributed by atoms with van der Waals surface area (Å²) in [6.07, 6.45) is 4.08. The molecule has 0 nitrogen and oxygen atoms in total. The summed E-state index contributed by atoms with van der Waals surface area (Å²) in [6.45, 7) is 4.42. The van der Waals surface area contributed by atoms with Gasteiger partial charge in [0.05, 0.1) is 0 Å². The molecule has 0 rings (SSSR count). The van der Waals surface area contributed by atoms with Crippen molar-refractivity contribution in [1.82, 2.24) is 0 Å². The highest BCUT2D eigenvalue weighted by atomic mass is 13.7. The average molecular weight is 73.2 g/mol. The van der Waals surface area contributed by atoms with Gasteiger partial charge < -0.3 is 0 Å². The molecule has 32 valence electrons. The standard InChI is InChI=1S/C5H12/c1-3-5-4-2/h3-5H2,1-2H3/p+1. The van der Waals surface area contributed by atoms with E-state index in [2.05, 4.69) is 13.8 Å². The van der Waals surface area contributed by atoms with Crippen LogP contribution in [0.3, 0.4) is 0 Å². The SMILES string of the molecule is CCCCC.[H+]. The van der Waals surface area contributed by atoms with Crippen molar-refractivity contribution in [1.29, 1.82) is 0 Å². The van der Waals surface area contributed by atoms with Gasteiger partial charge in [-0.1, -0.05) is 33.1 Å². The lowest BCUT2D eigenvalue weighted by Gasteiger charge is -1.79. The second kappa shape index (κ2) is 4.00. The topological polar surface area (TPSA) is 0 Å². The molecule has 0 saturated heterocycles. The van der Waals surface area contributed by atoms with E-state index in [0.29, 0.717) is 0 Å². The van der Waals surface area contributed by atoms with Crippen molar-refractivity contribution in [3.8, 4) is 0 Å². The second-order valence-electron chi connectivity index (χ2n) is 1.35. The fourth-order valence-corrected chi connectivity index (χ4v) is 0.354. The van der Waals surface area contributed by atoms with Crippen molar-refractivity contribution in [2.24, 2.45) is 0 Å². The molecule has 0 aromatic rings. The van der Waals surface area contributed by atoms with Gasteiger partial charge in [-0.2, -0.15) is 0 Å². The van der Waals surface area contributed by atoms with Crippen LogP contribution in [-0.4, -0.2) is 0 Å². The fraction of sp³-hybridized carbons (Fsp3) is 1.00. The van der Waals surface area contributed by atoms with Crippen LogP contribution in [0.2, 0.25) is 0 Å². The zero-order valence-electron chi connectivity index (χ0n) is 5.12. The van der Waals surface area contributed by atoms with Crippen LogP contribution in [0.1, 0.15) is 34.5 Å². The molecular weight excluding hydrogens is 60.1 g/mol. The normalized spacial score (nSPS) is 8.40. The van der Waals surface area contributed by atoms with E-state index in [-0.39, 0.29) is 1.43 Å². The van der Waals surface area contributed by atoms with E-state index in [4.69, 9.17) is 0 Å². The predicted octanol–water partition coefficient (Wildman–Crippen LogP) is 2.31. The van der Waals surface area contributed by atoms with Crippen molar-refractivity contribution in [3.63, 3.8) is 0 Å². The van der Waals surface area contributed by atoms with Crippen molar-refractivity contribution < 1.29 is 1.43 Å². The van der Waals surface area contributed by atoms with Gasteiger partial charge in [-0.15, -0.1) is 0 Å². The van der Waals surface area contributed by atoms with Gasteiger partial charge in [0.15, 0.2) is 0 Å². The minimum Gasteiger partial charge on any atom is -0.0654 e. The molecule has 5 heavy (non-hydrogen) atoms. The lowest BCUT2D eigenvalue weighted by atomic mass is 10.3. The minimum absolute atomic E-state index is 0. The summed E-state index contributed by atoms with van der Waals surface area (Å²) in [5, 5.41) is 0. The Hall–Kier alpha value is 0. The Morgan fingerprint density at radius 2 is 1.60 bits per heavy atom. The lowest BCUT2D eigenvalue weighted by molar-refractivity contribution is 0.772. The van der Waals surface area contributed by atoms with E-state index in [1.54, 1.807) is 0 Å². The third-order valence-electron chi connectivity index (χ3n) is 0.707. The van der Waals surface area contributed by atoms with Crippen molar-refractivity contribution in [2.75, 3.05) is 0 Å². The van der Waals surface area contributed by atoms with E-state index in [0.717, 1.165) is 0 Å². The van der Waals surface area contributed by atoms with Gasteiger partial charge in [-0.05, 0) is 0 Å². The number of hydrogen-bond donors (Lipinski definition) is 0. The summed E-state index contributed by atoms with van der Waals surface area (Å²) in [5.74, 6) is 0. The molecule has 0 radical (unpaired) electrons. The van der Waals surface area contributed by atoms with Crippen molar-refractivity contribution >= 4 is 0 Å². The summed E-state index contributed by atoms with van der Waals surface area (Å²) >= 11 is 0. The van der Waals surface area contributed by atoms with Crippen LogP contribution in [-0.2, 0) is 0 Å². The van der Waals surface area contributed by atoms with Crippen LogP contribution in [0.25, 0.3) is 0 Å². The highest BCUT2D eigenvalue weighted by Crippen LogP contribution is 1.88. The van der Waals surface area contributed by atoms with Gasteiger partial charge >= 0.3 is 1.43 Å². The maximum absolute atomic E-state index is 2.21. The Balaban J connectivity index is 0. The summed E-state index contributed by atoms with van der Waals surface area (Å²) in [4.78, 5) is 0. The maximum Gasteiger partial charge on any atom is 1.00 e. The molecule has 0 bridgehead atoms. The Kier molecular flexibility index (Phi) is 4.00. The van der Waals surface area contributed by atoms with Gasteiger partial charge in [0.1, 0.15) is 0 Å². The highest BCUT2D eigenvalue weighted by molar-refractivity contribution is 4.24. The summed E-state index contributed by atoms with van der Waals surface area (Å²) in [6, 6.07) is 0. The van der Waals surface area contributed by atoms with E-state index in [1.165, 1.54) is 19.3 Å². The predicted molar refractivity (Wildman–Crippen MR) is 26.3 cm³/mol. The quantitative estimate of drug-likeness (QED) is 0.470. The van der Waals surface area contributed by atoms with Crippen molar-refractivity contribution in [3.05, 3.63) is 0 Å². The Labute approximate surface area is 35.7 Å². The number of unbranched alkanes of at least 4 members (excludes halogenated alkanes) is 2. The van der Waals surface area contributed by atoms with Gasteiger partial charge in [-0.25, -0.2) is 0 Å². The number of rotatable bonds is 2. The second-order valence-corrected chi connectivity index (χ2v) is 1.35. The van der Waals surface area contributed by atoms with Gasteiger partial charge in [-0.3, -0.25) is 0 Å². The molecule has 0 aromatic carbocycles. The monoisotopic (exact) mass is 73.1 g/mol. The lowest BCUT2D eigenvalue weighted by Crippen LogP contribution is -1.59. The number of hydrogen-bond acceptors (Lipinski definition) is 0. The molecule has 0 aliphatic carbocycles. The first kappa shape index (κ1) is 5.00. The van der Waals surface area contributed by atoms with Crippen LogP contribution in [0, 0.1) is 0 Å². The summed E-state index contributed by atoms with van der Waals surface area (Å²) in [5.41, 5.74) is 0. The molecule has 0 unspecified atom stereocenters. The zero-order chi connectivity index (χ0) is 4.12. The first-order valence-corrected chi connectivity index (χ1v) is 2.41. The van der Waals surface area contributed by atoms with Gasteiger partial charge in [0, 0.05) is 0 Å². The first-order valence-electron chi connectivity index (χ1n) is 2.41. The molecule has 0 saturated carbocycles. The van der Waals surface area contributed by atoms with E-state index in [1.807, 2.05) is 0 Å². The molecule has 0 aromatic heterocycles. The van der Waals surface area contributed by atoms with E-state index >= 15 is 0 Å². The maximum atomic E-state index is 2.21. The van der Waals surface area contributed by atoms with Gasteiger partial charge in [0.25, 0.3) is 0 Å². The van der Waals surface area contributed by atoms with Crippen LogP contribution < -0.4 is 0 Å². The molecule has 0 amide bonds. The molecule has 0 heteroatoms. The largest absolute Gasteiger partial charge is 1.00 e. The Morgan fingerprint density at radius 3 is 1.60 bits per heavy atom. The zero-order valence-corrected chi connectivity index (χ0v) is 4.12. The molecule has 0 aliphatic rings. The minimum atomic E-state index is 0. The Bertz CT molecular complexity index is 11.4. The van der Waals surface area contributed by atoms with Crippen LogP contribution in [0.4, 0.5) is 0 Å². The third kappa shape index (κ3) is 4.00. The molecule has 0 heterocycles.